The molecular weight excluding hydrogens is 258 g/mol. The van der Waals surface area contributed by atoms with E-state index >= 15 is 0 Å². The van der Waals surface area contributed by atoms with Crippen LogP contribution in [-0.2, 0) is 6.54 Å². The van der Waals surface area contributed by atoms with Crippen LogP contribution in [0, 0.1) is 11.3 Å². The van der Waals surface area contributed by atoms with E-state index < -0.39 is 0 Å². The highest BCUT2D eigenvalue weighted by atomic mass is 15.1. The number of rotatable bonds is 6. The molecule has 1 saturated carbocycles. The molecule has 1 aliphatic carbocycles. The van der Waals surface area contributed by atoms with E-state index in [2.05, 4.69) is 49.5 Å². The Balaban J connectivity index is 1.80. The summed E-state index contributed by atoms with van der Waals surface area (Å²) in [6.45, 7) is 12.6. The number of hydrogen-bond acceptors (Lipinski definition) is 2. The van der Waals surface area contributed by atoms with E-state index in [1.165, 1.54) is 37.8 Å². The molecule has 3 nitrogen and oxygen atoms in total. The molecular formula is C18H33N3. The van der Waals surface area contributed by atoms with Crippen molar-refractivity contribution < 1.29 is 0 Å². The predicted molar refractivity (Wildman–Crippen MR) is 89.3 cm³/mol. The molecule has 21 heavy (non-hydrogen) atoms. The molecule has 0 radical (unpaired) electrons. The summed E-state index contributed by atoms with van der Waals surface area (Å²) in [4.78, 5) is 4.29. The maximum Gasteiger partial charge on any atom is 0.0951 e. The lowest BCUT2D eigenvalue weighted by Crippen LogP contribution is -2.36. The molecule has 0 amide bonds. The first-order chi connectivity index (χ1) is 9.94. The molecule has 2 rings (SSSR count). The first-order valence-corrected chi connectivity index (χ1v) is 8.68. The first-order valence-electron chi connectivity index (χ1n) is 8.68. The Morgan fingerprint density at radius 3 is 2.52 bits per heavy atom. The van der Waals surface area contributed by atoms with Crippen LogP contribution in [0.15, 0.2) is 12.5 Å². The molecule has 0 aliphatic heterocycles. The van der Waals surface area contributed by atoms with Crippen molar-refractivity contribution in [3.8, 4) is 0 Å². The van der Waals surface area contributed by atoms with Gasteiger partial charge in [0.25, 0.3) is 0 Å². The normalized spacial score (nSPS) is 23.7. The number of aromatic nitrogens is 2. The zero-order valence-corrected chi connectivity index (χ0v) is 14.5. The Kier molecular flexibility index (Phi) is 5.48. The van der Waals surface area contributed by atoms with Crippen molar-refractivity contribution in [2.75, 3.05) is 0 Å². The van der Waals surface area contributed by atoms with Gasteiger partial charge in [0.15, 0.2) is 0 Å². The fourth-order valence-electron chi connectivity index (χ4n) is 3.55. The molecule has 1 aromatic heterocycles. The summed E-state index contributed by atoms with van der Waals surface area (Å²) >= 11 is 0. The molecule has 0 aromatic carbocycles. The SMILES string of the molecule is CCC(C)(C)C1CCC(NCc2cncn2C(C)C)CC1. The Morgan fingerprint density at radius 2 is 1.95 bits per heavy atom. The lowest BCUT2D eigenvalue weighted by molar-refractivity contribution is 0.136. The summed E-state index contributed by atoms with van der Waals surface area (Å²) in [5.74, 6) is 0.904. The number of nitrogens with one attached hydrogen (secondary N) is 1. The maximum atomic E-state index is 4.29. The van der Waals surface area contributed by atoms with Crippen LogP contribution in [-0.4, -0.2) is 15.6 Å². The van der Waals surface area contributed by atoms with Crippen LogP contribution in [0.2, 0.25) is 0 Å². The largest absolute Gasteiger partial charge is 0.331 e. The number of imidazole rings is 1. The van der Waals surface area contributed by atoms with E-state index in [0.29, 0.717) is 17.5 Å². The van der Waals surface area contributed by atoms with Gasteiger partial charge in [0.1, 0.15) is 0 Å². The van der Waals surface area contributed by atoms with E-state index in [-0.39, 0.29) is 0 Å². The van der Waals surface area contributed by atoms with E-state index in [9.17, 15) is 0 Å². The molecule has 0 bridgehead atoms. The minimum absolute atomic E-state index is 0.491. The van der Waals surface area contributed by atoms with Gasteiger partial charge in [-0.25, -0.2) is 4.98 Å². The third-order valence-electron chi connectivity index (χ3n) is 5.62. The van der Waals surface area contributed by atoms with Crippen LogP contribution in [0.5, 0.6) is 0 Å². The highest BCUT2D eigenvalue weighted by molar-refractivity contribution is 5.00. The average molecular weight is 291 g/mol. The van der Waals surface area contributed by atoms with Gasteiger partial charge in [0.2, 0.25) is 0 Å². The van der Waals surface area contributed by atoms with Gasteiger partial charge in [-0.1, -0.05) is 27.2 Å². The first kappa shape index (κ1) is 16.5. The monoisotopic (exact) mass is 291 g/mol. The zero-order valence-electron chi connectivity index (χ0n) is 14.5. The maximum absolute atomic E-state index is 4.29. The standard InChI is InChI=1S/C18H33N3/c1-6-18(4,5)15-7-9-16(10-8-15)20-12-17-11-19-13-21(17)14(2)3/h11,13-16,20H,6-10,12H2,1-5H3. The number of hydrogen-bond donors (Lipinski definition) is 1. The van der Waals surface area contributed by atoms with Gasteiger partial charge in [-0.05, 0) is 50.9 Å². The quantitative estimate of drug-likeness (QED) is 0.833. The lowest BCUT2D eigenvalue weighted by atomic mass is 9.69. The molecule has 1 aliphatic rings. The van der Waals surface area contributed by atoms with Crippen molar-refractivity contribution in [1.29, 1.82) is 0 Å². The Morgan fingerprint density at radius 1 is 1.29 bits per heavy atom. The van der Waals surface area contributed by atoms with Gasteiger partial charge in [-0.15, -0.1) is 0 Å². The number of nitrogens with zero attached hydrogens (tertiary/aromatic N) is 2. The van der Waals surface area contributed by atoms with E-state index in [4.69, 9.17) is 0 Å². The van der Waals surface area contributed by atoms with Crippen molar-refractivity contribution in [2.45, 2.75) is 85.4 Å². The Labute approximate surface area is 130 Å². The zero-order chi connectivity index (χ0) is 15.5. The molecule has 0 atom stereocenters. The van der Waals surface area contributed by atoms with Gasteiger partial charge < -0.3 is 9.88 Å². The molecule has 1 fully saturated rings. The van der Waals surface area contributed by atoms with E-state index in [0.717, 1.165) is 12.5 Å². The van der Waals surface area contributed by atoms with Crippen molar-refractivity contribution in [3.05, 3.63) is 18.2 Å². The topological polar surface area (TPSA) is 29.9 Å². The summed E-state index contributed by atoms with van der Waals surface area (Å²) < 4.78 is 2.26. The van der Waals surface area contributed by atoms with Crippen LogP contribution in [0.4, 0.5) is 0 Å². The highest BCUT2D eigenvalue weighted by Crippen LogP contribution is 2.40. The molecule has 0 spiro atoms. The predicted octanol–water partition coefficient (Wildman–Crippen LogP) is 4.55. The Bertz CT molecular complexity index is 425. The summed E-state index contributed by atoms with van der Waals surface area (Å²) in [6.07, 6.45) is 10.6. The van der Waals surface area contributed by atoms with Gasteiger partial charge in [-0.2, -0.15) is 0 Å². The van der Waals surface area contributed by atoms with Crippen molar-refractivity contribution in [3.63, 3.8) is 0 Å². The molecule has 1 heterocycles. The van der Waals surface area contributed by atoms with Crippen LogP contribution in [0.1, 0.15) is 78.5 Å². The van der Waals surface area contributed by atoms with Crippen molar-refractivity contribution in [2.24, 2.45) is 11.3 Å². The lowest BCUT2D eigenvalue weighted by Gasteiger charge is -2.39. The average Bonchev–Trinajstić information content (AvgIpc) is 2.94. The second-order valence-electron chi connectivity index (χ2n) is 7.66. The molecule has 1 N–H and O–H groups in total. The van der Waals surface area contributed by atoms with E-state index in [1.54, 1.807) is 0 Å². The van der Waals surface area contributed by atoms with Crippen LogP contribution in [0.3, 0.4) is 0 Å². The molecule has 3 heteroatoms. The minimum Gasteiger partial charge on any atom is -0.331 e. The van der Waals surface area contributed by atoms with Gasteiger partial charge >= 0.3 is 0 Å². The second kappa shape index (κ2) is 6.95. The summed E-state index contributed by atoms with van der Waals surface area (Å²) in [5, 5.41) is 3.75. The van der Waals surface area contributed by atoms with Crippen LogP contribution in [0.25, 0.3) is 0 Å². The minimum atomic E-state index is 0.491. The van der Waals surface area contributed by atoms with Gasteiger partial charge in [0, 0.05) is 24.8 Å². The Hall–Kier alpha value is -0.830. The van der Waals surface area contributed by atoms with Crippen molar-refractivity contribution >= 4 is 0 Å². The molecule has 120 valence electrons. The van der Waals surface area contributed by atoms with Crippen molar-refractivity contribution in [1.82, 2.24) is 14.9 Å². The highest BCUT2D eigenvalue weighted by Gasteiger charge is 2.31. The van der Waals surface area contributed by atoms with Crippen LogP contribution >= 0.6 is 0 Å². The smallest absolute Gasteiger partial charge is 0.0951 e. The molecule has 0 unspecified atom stereocenters. The van der Waals surface area contributed by atoms with Gasteiger partial charge in [0.05, 0.1) is 12.0 Å². The third-order valence-corrected chi connectivity index (χ3v) is 5.62. The third kappa shape index (κ3) is 4.09. The van der Waals surface area contributed by atoms with Crippen LogP contribution < -0.4 is 5.32 Å². The summed E-state index contributed by atoms with van der Waals surface area (Å²) in [5.41, 5.74) is 1.82. The summed E-state index contributed by atoms with van der Waals surface area (Å²) in [7, 11) is 0. The van der Waals surface area contributed by atoms with Gasteiger partial charge in [-0.3, -0.25) is 0 Å². The molecule has 0 saturated heterocycles. The fourth-order valence-corrected chi connectivity index (χ4v) is 3.55. The van der Waals surface area contributed by atoms with E-state index in [1.807, 2.05) is 12.5 Å². The second-order valence-corrected chi connectivity index (χ2v) is 7.66. The molecule has 1 aromatic rings. The summed E-state index contributed by atoms with van der Waals surface area (Å²) in [6, 6.07) is 1.18. The fraction of sp³-hybridized carbons (Fsp3) is 0.833.